The highest BCUT2D eigenvalue weighted by Crippen LogP contribution is 2.37. The number of benzene rings is 1. The molecule has 0 fully saturated rings. The van der Waals surface area contributed by atoms with Crippen LogP contribution in [0.1, 0.15) is 38.1 Å². The molecule has 0 radical (unpaired) electrons. The predicted molar refractivity (Wildman–Crippen MR) is 87.0 cm³/mol. The van der Waals surface area contributed by atoms with E-state index >= 15 is 0 Å². The van der Waals surface area contributed by atoms with E-state index in [1.807, 2.05) is 0 Å². The first-order chi connectivity index (χ1) is 10.2. The van der Waals surface area contributed by atoms with Crippen molar-refractivity contribution in [3.05, 3.63) is 27.7 Å². The van der Waals surface area contributed by atoms with Crippen LogP contribution in [-0.4, -0.2) is 31.3 Å². The second kappa shape index (κ2) is 7.70. The lowest BCUT2D eigenvalue weighted by atomic mass is 10.1. The zero-order valence-corrected chi connectivity index (χ0v) is 14.7. The van der Waals surface area contributed by atoms with Crippen molar-refractivity contribution in [1.82, 2.24) is 0 Å². The molecule has 7 heteroatoms. The normalized spacial score (nSPS) is 10.8. The number of carbonyl (C=O) groups excluding carboxylic acids is 2. The number of hydrogen-bond acceptors (Lipinski definition) is 4. The minimum Gasteiger partial charge on any atom is -0.459 e. The minimum atomic E-state index is -0.641. The third kappa shape index (κ3) is 4.05. The predicted octanol–water partition coefficient (Wildman–Crippen LogP) is 4.54. The van der Waals surface area contributed by atoms with Gasteiger partial charge in [0.2, 0.25) is 0 Å². The van der Waals surface area contributed by atoms with E-state index in [0.717, 1.165) is 0 Å². The van der Waals surface area contributed by atoms with Crippen LogP contribution in [0.4, 0.5) is 10.5 Å². The maximum atomic E-state index is 12.3. The Labute approximate surface area is 140 Å². The van der Waals surface area contributed by atoms with E-state index in [1.165, 1.54) is 24.1 Å². The van der Waals surface area contributed by atoms with Crippen molar-refractivity contribution in [2.75, 3.05) is 12.0 Å². The van der Waals surface area contributed by atoms with Gasteiger partial charge in [-0.15, -0.1) is 0 Å². The lowest BCUT2D eigenvalue weighted by Crippen LogP contribution is -2.38. The Hall–Kier alpha value is -1.46. The molecule has 0 bridgehead atoms. The molecule has 0 atom stereocenters. The lowest BCUT2D eigenvalue weighted by Gasteiger charge is -2.28. The van der Waals surface area contributed by atoms with Crippen molar-refractivity contribution in [2.24, 2.45) is 0 Å². The Bertz CT molecular complexity index is 573. The fraction of sp³-hybridized carbons (Fsp3) is 0.467. The first-order valence-corrected chi connectivity index (χ1v) is 7.52. The summed E-state index contributed by atoms with van der Waals surface area (Å²) in [5, 5.41) is 0.325. The van der Waals surface area contributed by atoms with Crippen LogP contribution in [0.3, 0.4) is 0 Å². The topological polar surface area (TPSA) is 55.8 Å². The molecular formula is C15H19Cl2NO4. The molecule has 0 aliphatic heterocycles. The molecule has 5 nitrogen and oxygen atoms in total. The van der Waals surface area contributed by atoms with Gasteiger partial charge in [0, 0.05) is 6.04 Å². The molecule has 0 spiro atoms. The highest BCUT2D eigenvalue weighted by molar-refractivity contribution is 6.44. The Morgan fingerprint density at radius 2 is 1.73 bits per heavy atom. The number of hydrogen-bond donors (Lipinski definition) is 0. The highest BCUT2D eigenvalue weighted by Gasteiger charge is 2.29. The van der Waals surface area contributed by atoms with Crippen LogP contribution in [0.5, 0.6) is 0 Å². The van der Waals surface area contributed by atoms with E-state index < -0.39 is 12.1 Å². The number of methoxy groups -OCH3 is 1. The van der Waals surface area contributed by atoms with Gasteiger partial charge >= 0.3 is 12.1 Å². The van der Waals surface area contributed by atoms with Gasteiger partial charge in [0.15, 0.2) is 0 Å². The summed E-state index contributed by atoms with van der Waals surface area (Å²) in [5.41, 5.74) is 0.337. The number of anilines is 1. The highest BCUT2D eigenvalue weighted by atomic mass is 35.5. The fourth-order valence-corrected chi connectivity index (χ4v) is 2.28. The summed E-state index contributed by atoms with van der Waals surface area (Å²) in [5.74, 6) is -0.585. The third-order valence-corrected chi connectivity index (χ3v) is 3.55. The van der Waals surface area contributed by atoms with E-state index in [-0.39, 0.29) is 33.4 Å². The maximum Gasteiger partial charge on any atom is 0.414 e. The monoisotopic (exact) mass is 347 g/mol. The van der Waals surface area contributed by atoms with Crippen molar-refractivity contribution in [3.8, 4) is 0 Å². The zero-order valence-electron chi connectivity index (χ0n) is 13.1. The lowest BCUT2D eigenvalue weighted by molar-refractivity contribution is 0.0379. The van der Waals surface area contributed by atoms with Crippen molar-refractivity contribution in [1.29, 1.82) is 0 Å². The number of rotatable bonds is 4. The SMILES string of the molecule is COC(=O)N(c1c(C(=O)OC(C)C)ccc(Cl)c1Cl)C(C)C. The quantitative estimate of drug-likeness (QED) is 0.750. The van der Waals surface area contributed by atoms with E-state index in [0.29, 0.717) is 0 Å². The van der Waals surface area contributed by atoms with Crippen LogP contribution < -0.4 is 4.90 Å². The van der Waals surface area contributed by atoms with Gasteiger partial charge in [0.05, 0.1) is 34.5 Å². The van der Waals surface area contributed by atoms with Gasteiger partial charge in [-0.1, -0.05) is 23.2 Å². The molecule has 122 valence electrons. The molecule has 0 saturated carbocycles. The van der Waals surface area contributed by atoms with Crippen LogP contribution in [0.15, 0.2) is 12.1 Å². The molecule has 1 amide bonds. The molecule has 0 aromatic heterocycles. The summed E-state index contributed by atoms with van der Waals surface area (Å²) in [7, 11) is 1.25. The third-order valence-electron chi connectivity index (χ3n) is 2.76. The number of nitrogens with zero attached hydrogens (tertiary/aromatic N) is 1. The molecule has 0 N–H and O–H groups in total. The van der Waals surface area contributed by atoms with Crippen molar-refractivity contribution in [2.45, 2.75) is 39.8 Å². The molecule has 1 aromatic carbocycles. The van der Waals surface area contributed by atoms with Crippen molar-refractivity contribution >= 4 is 41.0 Å². The van der Waals surface area contributed by atoms with Crippen LogP contribution in [0.25, 0.3) is 0 Å². The molecular weight excluding hydrogens is 329 g/mol. The Kier molecular flexibility index (Phi) is 6.50. The number of halogens is 2. The molecule has 22 heavy (non-hydrogen) atoms. The smallest absolute Gasteiger partial charge is 0.414 e. The van der Waals surface area contributed by atoms with E-state index in [2.05, 4.69) is 0 Å². The van der Waals surface area contributed by atoms with Crippen LogP contribution in [0, 0.1) is 0 Å². The first-order valence-electron chi connectivity index (χ1n) is 6.76. The van der Waals surface area contributed by atoms with Crippen LogP contribution in [-0.2, 0) is 9.47 Å². The summed E-state index contributed by atoms with van der Waals surface area (Å²) in [4.78, 5) is 25.6. The van der Waals surface area contributed by atoms with Gasteiger partial charge in [0.1, 0.15) is 0 Å². The fourth-order valence-electron chi connectivity index (χ4n) is 1.88. The summed E-state index contributed by atoms with van der Waals surface area (Å²) in [6.07, 6.45) is -0.946. The molecule has 0 aliphatic carbocycles. The van der Waals surface area contributed by atoms with Gasteiger partial charge in [-0.25, -0.2) is 9.59 Å². The largest absolute Gasteiger partial charge is 0.459 e. The standard InChI is InChI=1S/C15H19Cl2NO4/c1-8(2)18(15(20)21-5)13-10(14(19)22-9(3)4)6-7-11(16)12(13)17/h6-9H,1-5H3. The van der Waals surface area contributed by atoms with Crippen molar-refractivity contribution in [3.63, 3.8) is 0 Å². The summed E-state index contributed by atoms with van der Waals surface area (Å²) in [6.45, 7) is 7.00. The molecule has 0 saturated heterocycles. The van der Waals surface area contributed by atoms with Gasteiger partial charge in [0.25, 0.3) is 0 Å². The van der Waals surface area contributed by atoms with Gasteiger partial charge in [-0.05, 0) is 39.8 Å². The molecule has 0 heterocycles. The molecule has 1 aromatic rings. The number of carbonyl (C=O) groups is 2. The van der Waals surface area contributed by atoms with Crippen LogP contribution >= 0.6 is 23.2 Å². The van der Waals surface area contributed by atoms with E-state index in [9.17, 15) is 9.59 Å². The maximum absolute atomic E-state index is 12.3. The average Bonchev–Trinajstić information content (AvgIpc) is 2.42. The van der Waals surface area contributed by atoms with E-state index in [4.69, 9.17) is 32.7 Å². The first kappa shape index (κ1) is 18.6. The molecule has 0 unspecified atom stereocenters. The van der Waals surface area contributed by atoms with Gasteiger partial charge < -0.3 is 9.47 Å². The van der Waals surface area contributed by atoms with Crippen LogP contribution in [0.2, 0.25) is 10.0 Å². The average molecular weight is 348 g/mol. The minimum absolute atomic E-state index is 0.0963. The summed E-state index contributed by atoms with van der Waals surface area (Å²) in [6, 6.07) is 2.67. The van der Waals surface area contributed by atoms with Crippen molar-refractivity contribution < 1.29 is 19.1 Å². The molecule has 1 rings (SSSR count). The number of amides is 1. The molecule has 0 aliphatic rings. The zero-order chi connectivity index (χ0) is 17.0. The Balaban J connectivity index is 3.51. The number of ether oxygens (including phenoxy) is 2. The second-order valence-corrected chi connectivity index (χ2v) is 5.93. The Morgan fingerprint density at radius 1 is 1.14 bits per heavy atom. The Morgan fingerprint density at radius 3 is 2.18 bits per heavy atom. The van der Waals surface area contributed by atoms with Gasteiger partial charge in [-0.2, -0.15) is 0 Å². The summed E-state index contributed by atoms with van der Waals surface area (Å²) < 4.78 is 9.97. The van der Waals surface area contributed by atoms with Gasteiger partial charge in [-0.3, -0.25) is 4.90 Å². The summed E-state index contributed by atoms with van der Waals surface area (Å²) >= 11 is 12.3. The number of esters is 1. The van der Waals surface area contributed by atoms with E-state index in [1.54, 1.807) is 27.7 Å². The second-order valence-electron chi connectivity index (χ2n) is 5.15.